The number of sulfone groups is 1. The zero-order chi connectivity index (χ0) is 42.4. The maximum atomic E-state index is 13.9. The van der Waals surface area contributed by atoms with Gasteiger partial charge < -0.3 is 23.7 Å². The molecule has 11 nitrogen and oxygen atoms in total. The molecule has 3 rings (SSSR count). The largest absolute Gasteiger partial charge is 0.494 e. The number of sulfonamides is 1. The van der Waals surface area contributed by atoms with E-state index in [1.165, 1.54) is 17.7 Å². The highest BCUT2D eigenvalue weighted by Crippen LogP contribution is 2.32. The first-order valence-corrected chi connectivity index (χ1v) is 30.6. The highest BCUT2D eigenvalue weighted by Gasteiger charge is 2.30. The molecule has 0 aromatic heterocycles. The minimum atomic E-state index is -3.92. The molecule has 57 heavy (non-hydrogen) atoms. The third-order valence-corrected chi connectivity index (χ3v) is 15.6. The number of methoxy groups -OCH3 is 1. The van der Waals surface area contributed by atoms with Crippen molar-refractivity contribution < 1.29 is 45.3 Å². The smallest absolute Gasteiger partial charge is 0.306 e. The summed E-state index contributed by atoms with van der Waals surface area (Å²) in [7, 11) is -8.41. The van der Waals surface area contributed by atoms with Gasteiger partial charge in [-0.2, -0.15) is 4.31 Å². The Morgan fingerprint density at radius 1 is 0.754 bits per heavy atom. The van der Waals surface area contributed by atoms with E-state index in [0.29, 0.717) is 49.9 Å². The molecule has 0 heterocycles. The van der Waals surface area contributed by atoms with E-state index >= 15 is 0 Å². The van der Waals surface area contributed by atoms with E-state index in [1.807, 2.05) is 38.1 Å². The number of esters is 1. The number of rotatable bonds is 25. The van der Waals surface area contributed by atoms with Crippen LogP contribution >= 0.6 is 0 Å². The predicted octanol–water partition coefficient (Wildman–Crippen LogP) is 8.27. The van der Waals surface area contributed by atoms with Crippen LogP contribution in [0.2, 0.25) is 51.4 Å². The van der Waals surface area contributed by atoms with Crippen molar-refractivity contribution in [1.29, 1.82) is 0 Å². The Morgan fingerprint density at radius 2 is 1.33 bits per heavy atom. The molecule has 0 radical (unpaired) electrons. The number of carbonyl (C=O) groups excluding carboxylic acids is 1. The number of benzene rings is 3. The molecule has 0 aliphatic carbocycles. The van der Waals surface area contributed by atoms with Crippen LogP contribution in [0.1, 0.15) is 41.0 Å². The summed E-state index contributed by atoms with van der Waals surface area (Å²) in [6, 6.07) is 21.0. The summed E-state index contributed by atoms with van der Waals surface area (Å²) in [6.45, 7) is 18.8. The summed E-state index contributed by atoms with van der Waals surface area (Å²) in [4.78, 5) is 12.5. The molecule has 15 heteroatoms. The van der Waals surface area contributed by atoms with Gasteiger partial charge in [-0.25, -0.2) is 16.8 Å². The van der Waals surface area contributed by atoms with Crippen LogP contribution in [0, 0.1) is 13.8 Å². The van der Waals surface area contributed by atoms with Crippen molar-refractivity contribution in [2.45, 2.75) is 90.6 Å². The quantitative estimate of drug-likeness (QED) is 0.0355. The van der Waals surface area contributed by atoms with Crippen molar-refractivity contribution in [2.75, 3.05) is 58.2 Å². The molecule has 3 aromatic carbocycles. The average molecular weight is 864 g/mol. The molecule has 0 amide bonds. The van der Waals surface area contributed by atoms with Crippen molar-refractivity contribution in [3.8, 4) is 22.6 Å². The van der Waals surface area contributed by atoms with Crippen molar-refractivity contribution in [3.63, 3.8) is 0 Å². The Balaban J connectivity index is 1.72. The van der Waals surface area contributed by atoms with Gasteiger partial charge in [-0.1, -0.05) is 69.6 Å². The summed E-state index contributed by atoms with van der Waals surface area (Å²) in [5.41, 5.74) is 5.84. The third-order valence-electron chi connectivity index (χ3n) is 9.32. The Bertz CT molecular complexity index is 1910. The average Bonchev–Trinajstić information content (AvgIpc) is 3.10. The van der Waals surface area contributed by atoms with Gasteiger partial charge in [0, 0.05) is 41.5 Å². The lowest BCUT2D eigenvalue weighted by Gasteiger charge is -2.26. The van der Waals surface area contributed by atoms with Crippen molar-refractivity contribution in [1.82, 2.24) is 4.31 Å². The Labute approximate surface area is 344 Å². The molecular formula is C42H65NO10S2Si2. The molecule has 0 bridgehead atoms. The molecule has 3 aromatic rings. The number of carbonyl (C=O) groups is 1. The highest BCUT2D eigenvalue weighted by atomic mass is 32.2. The van der Waals surface area contributed by atoms with E-state index < -0.39 is 47.9 Å². The van der Waals surface area contributed by atoms with Gasteiger partial charge in [0.05, 0.1) is 31.6 Å². The summed E-state index contributed by atoms with van der Waals surface area (Å²) in [6.07, 6.45) is 1.54. The fraction of sp³-hybridized carbons (Fsp3) is 0.548. The van der Waals surface area contributed by atoms with Gasteiger partial charge in [0.2, 0.25) is 10.0 Å². The fourth-order valence-electron chi connectivity index (χ4n) is 6.00. The summed E-state index contributed by atoms with van der Waals surface area (Å²) in [5.74, 6) is -0.100. The Kier molecular flexibility index (Phi) is 18.5. The van der Waals surface area contributed by atoms with E-state index in [2.05, 4.69) is 51.4 Å². The predicted molar refractivity (Wildman–Crippen MR) is 235 cm³/mol. The number of hydrogen-bond donors (Lipinski definition) is 0. The second-order valence-electron chi connectivity index (χ2n) is 17.2. The maximum Gasteiger partial charge on any atom is 0.306 e. The number of hydrogen-bond acceptors (Lipinski definition) is 10. The lowest BCUT2D eigenvalue weighted by atomic mass is 9.94. The van der Waals surface area contributed by atoms with E-state index in [-0.39, 0.29) is 31.4 Å². The molecular weight excluding hydrogens is 799 g/mol. The van der Waals surface area contributed by atoms with Crippen LogP contribution in [0.3, 0.4) is 0 Å². The zero-order valence-electron chi connectivity index (χ0n) is 35.7. The molecule has 1 atom stereocenters. The maximum absolute atomic E-state index is 13.9. The lowest BCUT2D eigenvalue weighted by Crippen LogP contribution is -2.39. The van der Waals surface area contributed by atoms with E-state index in [9.17, 15) is 21.6 Å². The monoisotopic (exact) mass is 863 g/mol. The van der Waals surface area contributed by atoms with Crippen LogP contribution in [-0.2, 0) is 45.5 Å². The van der Waals surface area contributed by atoms with Gasteiger partial charge in [-0.05, 0) is 96.1 Å². The van der Waals surface area contributed by atoms with Gasteiger partial charge in [0.15, 0.2) is 0 Å². The molecule has 0 saturated heterocycles. The van der Waals surface area contributed by atoms with Gasteiger partial charge in [-0.15, -0.1) is 0 Å². The molecule has 318 valence electrons. The summed E-state index contributed by atoms with van der Waals surface area (Å²) >= 11 is 0. The van der Waals surface area contributed by atoms with Crippen LogP contribution < -0.4 is 9.47 Å². The number of nitrogens with zero attached hydrogens (tertiary/aromatic N) is 1. The van der Waals surface area contributed by atoms with Crippen LogP contribution in [-0.4, -0.2) is 101 Å². The summed E-state index contributed by atoms with van der Waals surface area (Å²) in [5, 5.41) is 0. The van der Waals surface area contributed by atoms with E-state index in [0.717, 1.165) is 39.9 Å². The van der Waals surface area contributed by atoms with Gasteiger partial charge in [0.25, 0.3) is 0 Å². The Hall–Kier alpha value is -3.06. The third kappa shape index (κ3) is 18.2. The second-order valence-corrected chi connectivity index (χ2v) is 32.7. The molecule has 1 unspecified atom stereocenters. The molecule has 0 fully saturated rings. The first-order chi connectivity index (χ1) is 26.5. The van der Waals surface area contributed by atoms with Crippen LogP contribution in [0.5, 0.6) is 11.5 Å². The first-order valence-electron chi connectivity index (χ1n) is 19.5. The number of ether oxygens (including phenoxy) is 5. The standard InChI is InChI=1S/C42H65NO10S2Si2/c1-33-25-40(52-19-12-22-54(4,45)46)26-34(2)42(33)37-14-11-13-35(27-37)29-53-39-17-15-36(16-18-39)38(28-41(44)49-3)30-55(47,48)43(31-50-20-23-56(5,6)7)32-51-21-24-57(8,9)10/h11,13-18,25-27,38H,12,19-24,28-32H2,1-10H3. The van der Waals surface area contributed by atoms with Crippen molar-refractivity contribution in [2.24, 2.45) is 0 Å². The normalized spacial score (nSPS) is 13.1. The second kappa shape index (κ2) is 21.8. The van der Waals surface area contributed by atoms with E-state index in [4.69, 9.17) is 23.7 Å². The highest BCUT2D eigenvalue weighted by molar-refractivity contribution is 7.90. The first kappa shape index (κ1) is 48.3. The molecule has 0 aliphatic heterocycles. The van der Waals surface area contributed by atoms with Crippen LogP contribution in [0.15, 0.2) is 60.7 Å². The molecule has 0 spiro atoms. The molecule has 0 N–H and O–H groups in total. The molecule has 0 saturated carbocycles. The van der Waals surface area contributed by atoms with Crippen molar-refractivity contribution >= 4 is 42.0 Å². The van der Waals surface area contributed by atoms with Crippen LogP contribution in [0.4, 0.5) is 0 Å². The van der Waals surface area contributed by atoms with E-state index in [1.54, 1.807) is 24.3 Å². The topological polar surface area (TPSA) is 135 Å². The zero-order valence-corrected chi connectivity index (χ0v) is 39.3. The number of aryl methyl sites for hydroxylation is 2. The minimum Gasteiger partial charge on any atom is -0.494 e. The van der Waals surface area contributed by atoms with Crippen molar-refractivity contribution in [3.05, 3.63) is 82.9 Å². The lowest BCUT2D eigenvalue weighted by molar-refractivity contribution is -0.140. The van der Waals surface area contributed by atoms with Gasteiger partial charge in [-0.3, -0.25) is 4.79 Å². The fourth-order valence-corrected chi connectivity index (χ4v) is 9.65. The minimum absolute atomic E-state index is 0.0891. The molecule has 0 aliphatic rings. The Morgan fingerprint density at radius 3 is 1.86 bits per heavy atom. The summed E-state index contributed by atoms with van der Waals surface area (Å²) < 4.78 is 80.8. The van der Waals surface area contributed by atoms with Gasteiger partial charge >= 0.3 is 5.97 Å². The van der Waals surface area contributed by atoms with Gasteiger partial charge in [0.1, 0.15) is 41.4 Å². The van der Waals surface area contributed by atoms with Crippen LogP contribution in [0.25, 0.3) is 11.1 Å². The SMILES string of the molecule is COC(=O)CC(CS(=O)(=O)N(COCC[Si](C)(C)C)COCC[Si](C)(C)C)c1ccc(OCc2cccc(-c3c(C)cc(OCCCS(C)(=O)=O)cc3C)c2)cc1.